The highest BCUT2D eigenvalue weighted by molar-refractivity contribution is 7.98. The van der Waals surface area contributed by atoms with Crippen LogP contribution in [0.1, 0.15) is 12.5 Å². The van der Waals surface area contributed by atoms with E-state index in [0.29, 0.717) is 5.82 Å². The van der Waals surface area contributed by atoms with Gasteiger partial charge in [-0.2, -0.15) is 0 Å². The summed E-state index contributed by atoms with van der Waals surface area (Å²) in [5.41, 5.74) is 1.24. The maximum atomic E-state index is 11.9. The van der Waals surface area contributed by atoms with Gasteiger partial charge >= 0.3 is 0 Å². The van der Waals surface area contributed by atoms with Crippen molar-refractivity contribution in [2.45, 2.75) is 23.7 Å². The number of nitrogens with zero attached hydrogens (tertiary/aromatic N) is 3. The summed E-state index contributed by atoms with van der Waals surface area (Å²) in [7, 11) is 3.47. The Labute approximate surface area is 135 Å². The maximum absolute atomic E-state index is 11.9. The largest absolute Gasteiger partial charge is 0.357 e. The van der Waals surface area contributed by atoms with Gasteiger partial charge in [-0.25, -0.2) is 4.98 Å². The third kappa shape index (κ3) is 4.73. The van der Waals surface area contributed by atoms with Crippen molar-refractivity contribution in [3.8, 4) is 0 Å². The number of nitrogens with one attached hydrogen (secondary N) is 1. The second kappa shape index (κ2) is 7.79. The number of carbonyl (C=O) groups excluding carboxylic acids is 1. The summed E-state index contributed by atoms with van der Waals surface area (Å²) >= 11 is 1.62. The molecule has 0 aliphatic carbocycles. The van der Waals surface area contributed by atoms with Gasteiger partial charge in [0.2, 0.25) is 5.91 Å². The molecular formula is C16H20N4OS. The summed E-state index contributed by atoms with van der Waals surface area (Å²) in [5.74, 6) is 1.45. The van der Waals surface area contributed by atoms with Crippen LogP contribution in [-0.2, 0) is 10.5 Å². The third-order valence-corrected chi connectivity index (χ3v) is 3.99. The van der Waals surface area contributed by atoms with Crippen molar-refractivity contribution < 1.29 is 4.79 Å². The lowest BCUT2D eigenvalue weighted by Gasteiger charge is -2.18. The molecule has 1 amide bonds. The summed E-state index contributed by atoms with van der Waals surface area (Å²) < 4.78 is 0. The summed E-state index contributed by atoms with van der Waals surface area (Å²) in [5, 5.41) is 3.92. The molecule has 5 nitrogen and oxygen atoms in total. The minimum absolute atomic E-state index is 0.00383. The molecule has 1 aromatic heterocycles. The van der Waals surface area contributed by atoms with Crippen molar-refractivity contribution in [3.63, 3.8) is 0 Å². The molecule has 2 rings (SSSR count). The van der Waals surface area contributed by atoms with Gasteiger partial charge in [0.1, 0.15) is 16.9 Å². The molecule has 1 aromatic carbocycles. The SMILES string of the molecule is C[C@H](Nc1cncc(SCc2ccccc2)n1)C(=O)N(C)C. The minimum atomic E-state index is -0.335. The Bertz CT molecular complexity index is 619. The van der Waals surface area contributed by atoms with Crippen molar-refractivity contribution in [2.75, 3.05) is 19.4 Å². The lowest BCUT2D eigenvalue weighted by atomic mass is 10.2. The number of aromatic nitrogens is 2. The third-order valence-electron chi connectivity index (χ3n) is 3.02. The van der Waals surface area contributed by atoms with Gasteiger partial charge in [0.05, 0.1) is 12.4 Å². The molecule has 0 aliphatic heterocycles. The number of hydrogen-bond acceptors (Lipinski definition) is 5. The molecule has 0 bridgehead atoms. The van der Waals surface area contributed by atoms with Crippen LogP contribution >= 0.6 is 11.8 Å². The first-order valence-electron chi connectivity index (χ1n) is 7.02. The van der Waals surface area contributed by atoms with Crippen molar-refractivity contribution in [2.24, 2.45) is 0 Å². The summed E-state index contributed by atoms with van der Waals surface area (Å²) in [6.45, 7) is 1.81. The fourth-order valence-corrected chi connectivity index (χ4v) is 2.69. The van der Waals surface area contributed by atoms with Crippen LogP contribution in [-0.4, -0.2) is 40.9 Å². The van der Waals surface area contributed by atoms with E-state index in [1.807, 2.05) is 25.1 Å². The van der Waals surface area contributed by atoms with Crippen molar-refractivity contribution >= 4 is 23.5 Å². The maximum Gasteiger partial charge on any atom is 0.244 e. The van der Waals surface area contributed by atoms with Gasteiger partial charge in [0.25, 0.3) is 0 Å². The Morgan fingerprint density at radius 2 is 2.00 bits per heavy atom. The van der Waals surface area contributed by atoms with Crippen LogP contribution in [0.4, 0.5) is 5.82 Å². The number of hydrogen-bond donors (Lipinski definition) is 1. The van der Waals surface area contributed by atoms with Crippen molar-refractivity contribution in [1.82, 2.24) is 14.9 Å². The van der Waals surface area contributed by atoms with E-state index in [1.165, 1.54) is 5.56 Å². The Balaban J connectivity index is 1.96. The zero-order valence-corrected chi connectivity index (χ0v) is 13.8. The van der Waals surface area contributed by atoms with Crippen LogP contribution in [0, 0.1) is 0 Å². The van der Waals surface area contributed by atoms with Gasteiger partial charge in [0.15, 0.2) is 0 Å². The van der Waals surface area contributed by atoms with E-state index in [4.69, 9.17) is 0 Å². The van der Waals surface area contributed by atoms with Gasteiger partial charge in [-0.05, 0) is 12.5 Å². The predicted octanol–water partition coefficient (Wildman–Crippen LogP) is 2.66. The van der Waals surface area contributed by atoms with Crippen LogP contribution in [0.3, 0.4) is 0 Å². The first-order chi connectivity index (χ1) is 10.6. The summed E-state index contributed by atoms with van der Waals surface area (Å²) in [6.07, 6.45) is 3.36. The van der Waals surface area contributed by atoms with Crippen molar-refractivity contribution in [3.05, 3.63) is 48.3 Å². The lowest BCUT2D eigenvalue weighted by molar-refractivity contribution is -0.129. The highest BCUT2D eigenvalue weighted by Gasteiger charge is 2.15. The van der Waals surface area contributed by atoms with E-state index in [0.717, 1.165) is 10.8 Å². The molecule has 0 spiro atoms. The summed E-state index contributed by atoms with van der Waals surface area (Å²) in [6, 6.07) is 9.88. The van der Waals surface area contributed by atoms with E-state index in [9.17, 15) is 4.79 Å². The zero-order valence-electron chi connectivity index (χ0n) is 13.0. The minimum Gasteiger partial charge on any atom is -0.357 e. The topological polar surface area (TPSA) is 58.1 Å². The van der Waals surface area contributed by atoms with Crippen LogP contribution in [0.25, 0.3) is 0 Å². The molecule has 6 heteroatoms. The Hall–Kier alpha value is -2.08. The molecule has 0 saturated heterocycles. The highest BCUT2D eigenvalue weighted by atomic mass is 32.2. The first-order valence-corrected chi connectivity index (χ1v) is 8.01. The molecule has 2 aromatic rings. The number of amides is 1. The van der Waals surface area contributed by atoms with Crippen LogP contribution in [0.15, 0.2) is 47.8 Å². The molecule has 0 fully saturated rings. The number of anilines is 1. The molecule has 0 saturated carbocycles. The van der Waals surface area contributed by atoms with Gasteiger partial charge in [-0.15, -0.1) is 11.8 Å². The van der Waals surface area contributed by atoms with E-state index in [1.54, 1.807) is 43.2 Å². The quantitative estimate of drug-likeness (QED) is 0.830. The fourth-order valence-electron chi connectivity index (χ4n) is 1.89. The average molecular weight is 316 g/mol. The zero-order chi connectivity index (χ0) is 15.9. The van der Waals surface area contributed by atoms with E-state index in [2.05, 4.69) is 27.4 Å². The molecular weight excluding hydrogens is 296 g/mol. The normalized spacial score (nSPS) is 11.8. The number of thioether (sulfide) groups is 1. The highest BCUT2D eigenvalue weighted by Crippen LogP contribution is 2.21. The van der Waals surface area contributed by atoms with E-state index in [-0.39, 0.29) is 11.9 Å². The lowest BCUT2D eigenvalue weighted by Crippen LogP contribution is -2.36. The predicted molar refractivity (Wildman–Crippen MR) is 89.8 cm³/mol. The Morgan fingerprint density at radius 3 is 2.68 bits per heavy atom. The van der Waals surface area contributed by atoms with Gasteiger partial charge in [0, 0.05) is 19.8 Å². The molecule has 116 valence electrons. The van der Waals surface area contributed by atoms with Gasteiger partial charge in [-0.1, -0.05) is 30.3 Å². The molecule has 0 aliphatic rings. The first kappa shape index (κ1) is 16.3. The van der Waals surface area contributed by atoms with E-state index < -0.39 is 0 Å². The number of rotatable bonds is 6. The number of likely N-dealkylation sites (N-methyl/N-ethyl adjacent to an activating group) is 1. The molecule has 22 heavy (non-hydrogen) atoms. The van der Waals surface area contributed by atoms with Crippen LogP contribution in [0.2, 0.25) is 0 Å². The van der Waals surface area contributed by atoms with Gasteiger partial charge in [-0.3, -0.25) is 9.78 Å². The summed E-state index contributed by atoms with van der Waals surface area (Å²) in [4.78, 5) is 22.1. The van der Waals surface area contributed by atoms with Crippen molar-refractivity contribution in [1.29, 1.82) is 0 Å². The Morgan fingerprint density at radius 1 is 1.27 bits per heavy atom. The van der Waals surface area contributed by atoms with Gasteiger partial charge < -0.3 is 10.2 Å². The fraction of sp³-hybridized carbons (Fsp3) is 0.312. The molecule has 0 unspecified atom stereocenters. The average Bonchev–Trinajstić information content (AvgIpc) is 2.53. The van der Waals surface area contributed by atoms with Crippen LogP contribution in [0.5, 0.6) is 0 Å². The smallest absolute Gasteiger partial charge is 0.244 e. The molecule has 0 radical (unpaired) electrons. The molecule has 1 atom stereocenters. The second-order valence-corrected chi connectivity index (χ2v) is 6.11. The standard InChI is InChI=1S/C16H20N4OS/c1-12(16(21)20(2)3)18-14-9-17-10-15(19-14)22-11-13-7-5-4-6-8-13/h4-10,12H,11H2,1-3H3,(H,18,19)/t12-/m0/s1. The Kier molecular flexibility index (Phi) is 5.77. The number of benzene rings is 1. The van der Waals surface area contributed by atoms with E-state index >= 15 is 0 Å². The number of carbonyl (C=O) groups is 1. The monoisotopic (exact) mass is 316 g/mol. The second-order valence-electron chi connectivity index (χ2n) is 5.12. The molecule has 1 N–H and O–H groups in total. The molecule has 1 heterocycles. The van der Waals surface area contributed by atoms with Crippen LogP contribution < -0.4 is 5.32 Å².